The molecule has 0 unspecified atom stereocenters. The highest BCUT2D eigenvalue weighted by Crippen LogP contribution is 2.51. The van der Waals surface area contributed by atoms with Crippen LogP contribution in [0.1, 0.15) is 39.5 Å². The fourth-order valence-electron chi connectivity index (χ4n) is 1.39. The number of allylic oxidation sites excluding steroid dienone is 2. The van der Waals surface area contributed by atoms with E-state index < -0.39 is 0 Å². The smallest absolute Gasteiger partial charge is 0.0436 e. The zero-order valence-electron chi connectivity index (χ0n) is 7.56. The first kappa shape index (κ1) is 8.79. The molecule has 0 aromatic carbocycles. The van der Waals surface area contributed by atoms with Gasteiger partial charge in [0.05, 0.1) is 0 Å². The van der Waals surface area contributed by atoms with Crippen molar-refractivity contribution in [3.8, 4) is 0 Å². The fraction of sp³-hybridized carbons (Fsp3) is 0.800. The summed E-state index contributed by atoms with van der Waals surface area (Å²) in [6.45, 7) is 4.63. The monoisotopic (exact) mass is 154 g/mol. The van der Waals surface area contributed by atoms with Crippen molar-refractivity contribution >= 4 is 0 Å². The molecule has 11 heavy (non-hydrogen) atoms. The molecule has 0 amide bonds. The van der Waals surface area contributed by atoms with E-state index in [1.807, 2.05) is 0 Å². The molecule has 64 valence electrons. The highest BCUT2D eigenvalue weighted by Gasteiger charge is 2.40. The molecule has 1 aliphatic rings. The van der Waals surface area contributed by atoms with E-state index in [1.165, 1.54) is 24.8 Å². The van der Waals surface area contributed by atoms with Crippen molar-refractivity contribution < 1.29 is 5.11 Å². The predicted octanol–water partition coefficient (Wildman–Crippen LogP) is 2.51. The first-order valence-corrected chi connectivity index (χ1v) is 4.43. The summed E-state index contributed by atoms with van der Waals surface area (Å²) in [5.74, 6) is 0. The van der Waals surface area contributed by atoms with Crippen molar-refractivity contribution in [1.29, 1.82) is 0 Å². The van der Waals surface area contributed by atoms with Crippen LogP contribution in [-0.2, 0) is 0 Å². The Bertz CT molecular complexity index is 150. The van der Waals surface area contributed by atoms with Crippen molar-refractivity contribution in [1.82, 2.24) is 0 Å². The van der Waals surface area contributed by atoms with Crippen molar-refractivity contribution in [3.05, 3.63) is 11.6 Å². The Morgan fingerprint density at radius 3 is 2.45 bits per heavy atom. The molecular formula is C10H18O. The number of hydrogen-bond acceptors (Lipinski definition) is 1. The van der Waals surface area contributed by atoms with E-state index in [-0.39, 0.29) is 0 Å². The summed E-state index contributed by atoms with van der Waals surface area (Å²) in [7, 11) is 0. The zero-order chi connectivity index (χ0) is 8.32. The topological polar surface area (TPSA) is 20.2 Å². The molecule has 0 atom stereocenters. The second kappa shape index (κ2) is 3.40. The van der Waals surface area contributed by atoms with Gasteiger partial charge in [-0.3, -0.25) is 0 Å². The summed E-state index contributed by atoms with van der Waals surface area (Å²) >= 11 is 0. The molecule has 1 saturated carbocycles. The molecule has 1 N–H and O–H groups in total. The van der Waals surface area contributed by atoms with Crippen LogP contribution >= 0.6 is 0 Å². The van der Waals surface area contributed by atoms with Gasteiger partial charge >= 0.3 is 0 Å². The summed E-state index contributed by atoms with van der Waals surface area (Å²) in [6, 6.07) is 0. The van der Waals surface area contributed by atoms with Gasteiger partial charge in [-0.1, -0.05) is 11.6 Å². The second-order valence-corrected chi connectivity index (χ2v) is 3.96. The molecule has 0 aliphatic heterocycles. The Labute approximate surface area is 69.1 Å². The Balaban J connectivity index is 2.30. The minimum absolute atomic E-state index is 0.358. The molecule has 1 rings (SSSR count). The van der Waals surface area contributed by atoms with Crippen molar-refractivity contribution in [3.63, 3.8) is 0 Å². The van der Waals surface area contributed by atoms with Gasteiger partial charge in [-0.15, -0.1) is 0 Å². The lowest BCUT2D eigenvalue weighted by Crippen LogP contribution is -2.01. The van der Waals surface area contributed by atoms with Crippen LogP contribution in [0, 0.1) is 5.41 Å². The summed E-state index contributed by atoms with van der Waals surface area (Å²) in [6.07, 6.45) is 7.10. The second-order valence-electron chi connectivity index (χ2n) is 3.96. The van der Waals surface area contributed by atoms with E-state index in [9.17, 15) is 0 Å². The lowest BCUT2D eigenvalue weighted by Gasteiger charge is -2.09. The van der Waals surface area contributed by atoms with Gasteiger partial charge in [0.25, 0.3) is 0 Å². The van der Waals surface area contributed by atoms with Crippen LogP contribution in [0.4, 0.5) is 0 Å². The van der Waals surface area contributed by atoms with Gasteiger partial charge in [0, 0.05) is 6.61 Å². The Morgan fingerprint density at radius 2 is 2.09 bits per heavy atom. The lowest BCUT2D eigenvalue weighted by atomic mass is 9.97. The summed E-state index contributed by atoms with van der Waals surface area (Å²) < 4.78 is 0. The Hall–Kier alpha value is -0.300. The van der Waals surface area contributed by atoms with E-state index in [0.717, 1.165) is 6.42 Å². The van der Waals surface area contributed by atoms with E-state index in [0.29, 0.717) is 12.0 Å². The van der Waals surface area contributed by atoms with Crippen LogP contribution in [0.3, 0.4) is 0 Å². The molecule has 0 aromatic rings. The third-order valence-electron chi connectivity index (χ3n) is 2.54. The maximum absolute atomic E-state index is 8.79. The molecule has 0 bridgehead atoms. The van der Waals surface area contributed by atoms with Crippen LogP contribution in [0.2, 0.25) is 0 Å². The third kappa shape index (κ3) is 2.66. The van der Waals surface area contributed by atoms with Crippen molar-refractivity contribution in [2.45, 2.75) is 39.5 Å². The molecule has 0 spiro atoms. The predicted molar refractivity (Wildman–Crippen MR) is 47.4 cm³/mol. The molecule has 1 heteroatoms. The molecule has 0 heterocycles. The summed E-state index contributed by atoms with van der Waals surface area (Å²) in [5.41, 5.74) is 1.90. The van der Waals surface area contributed by atoms with Crippen LogP contribution in [0.25, 0.3) is 0 Å². The number of rotatable bonds is 4. The van der Waals surface area contributed by atoms with Crippen molar-refractivity contribution in [2.75, 3.05) is 6.61 Å². The van der Waals surface area contributed by atoms with E-state index in [4.69, 9.17) is 5.11 Å². The van der Waals surface area contributed by atoms with Gasteiger partial charge in [0.1, 0.15) is 0 Å². The largest absolute Gasteiger partial charge is 0.396 e. The molecular weight excluding hydrogens is 136 g/mol. The molecule has 1 aliphatic carbocycles. The highest BCUT2D eigenvalue weighted by molar-refractivity contribution is 5.03. The Kier molecular flexibility index (Phi) is 2.72. The average Bonchev–Trinajstić information content (AvgIpc) is 2.67. The van der Waals surface area contributed by atoms with Gasteiger partial charge in [0.2, 0.25) is 0 Å². The van der Waals surface area contributed by atoms with Gasteiger partial charge in [-0.05, 0) is 44.9 Å². The minimum Gasteiger partial charge on any atom is -0.396 e. The van der Waals surface area contributed by atoms with Crippen molar-refractivity contribution in [2.24, 2.45) is 5.41 Å². The van der Waals surface area contributed by atoms with Crippen LogP contribution in [-0.4, -0.2) is 11.7 Å². The first-order valence-electron chi connectivity index (χ1n) is 4.43. The first-order chi connectivity index (χ1) is 5.18. The quantitative estimate of drug-likeness (QED) is 0.617. The van der Waals surface area contributed by atoms with Gasteiger partial charge in [-0.2, -0.15) is 0 Å². The standard InChI is InChI=1S/C10H18O/c1-9(2)3-4-10(5-6-10)7-8-11/h3,11H,4-8H2,1-2H3. The normalized spacial score (nSPS) is 19.5. The SMILES string of the molecule is CC(C)=CCC1(CCO)CC1. The summed E-state index contributed by atoms with van der Waals surface area (Å²) in [4.78, 5) is 0. The summed E-state index contributed by atoms with van der Waals surface area (Å²) in [5, 5.41) is 8.79. The highest BCUT2D eigenvalue weighted by atomic mass is 16.3. The Morgan fingerprint density at radius 1 is 1.45 bits per heavy atom. The van der Waals surface area contributed by atoms with Gasteiger partial charge < -0.3 is 5.11 Å². The maximum Gasteiger partial charge on any atom is 0.0436 e. The van der Waals surface area contributed by atoms with Gasteiger partial charge in [-0.25, -0.2) is 0 Å². The molecule has 1 nitrogen and oxygen atoms in total. The van der Waals surface area contributed by atoms with Gasteiger partial charge in [0.15, 0.2) is 0 Å². The number of aliphatic hydroxyl groups excluding tert-OH is 1. The van der Waals surface area contributed by atoms with E-state index in [2.05, 4.69) is 19.9 Å². The zero-order valence-corrected chi connectivity index (χ0v) is 7.56. The molecule has 0 radical (unpaired) electrons. The maximum atomic E-state index is 8.79. The van der Waals surface area contributed by atoms with E-state index in [1.54, 1.807) is 0 Å². The van der Waals surface area contributed by atoms with E-state index >= 15 is 0 Å². The average molecular weight is 154 g/mol. The molecule has 1 fully saturated rings. The lowest BCUT2D eigenvalue weighted by molar-refractivity contribution is 0.249. The fourth-order valence-corrected chi connectivity index (χ4v) is 1.39. The number of aliphatic hydroxyl groups is 1. The molecule has 0 saturated heterocycles. The minimum atomic E-state index is 0.358. The van der Waals surface area contributed by atoms with Crippen LogP contribution in [0.15, 0.2) is 11.6 Å². The third-order valence-corrected chi connectivity index (χ3v) is 2.54. The number of hydrogen-bond donors (Lipinski definition) is 1. The van der Waals surface area contributed by atoms with Crippen LogP contribution in [0.5, 0.6) is 0 Å². The molecule has 0 aromatic heterocycles. The van der Waals surface area contributed by atoms with Crippen LogP contribution < -0.4 is 0 Å².